The van der Waals surface area contributed by atoms with Gasteiger partial charge in [0, 0.05) is 37.4 Å². The number of aromatic amines is 1. The van der Waals surface area contributed by atoms with Crippen LogP contribution in [0.3, 0.4) is 0 Å². The fourth-order valence-corrected chi connectivity index (χ4v) is 2.81. The molecule has 3 heterocycles. The van der Waals surface area contributed by atoms with E-state index in [1.54, 1.807) is 11.1 Å². The van der Waals surface area contributed by atoms with Crippen LogP contribution in [-0.2, 0) is 11.2 Å². The van der Waals surface area contributed by atoms with Crippen molar-refractivity contribution in [3.05, 3.63) is 30.1 Å². The van der Waals surface area contributed by atoms with Gasteiger partial charge in [-0.05, 0) is 30.5 Å². The molecule has 1 fully saturated rings. The van der Waals surface area contributed by atoms with E-state index in [1.807, 2.05) is 18.3 Å². The molecule has 4 N–H and O–H groups in total. The Labute approximate surface area is 123 Å². The Morgan fingerprint density at radius 3 is 2.95 bits per heavy atom. The molecule has 0 unspecified atom stereocenters. The molecule has 0 aliphatic carbocycles. The van der Waals surface area contributed by atoms with E-state index in [-0.39, 0.29) is 12.5 Å². The van der Waals surface area contributed by atoms with Crippen LogP contribution in [0.5, 0.6) is 0 Å². The molecule has 6 heteroatoms. The Morgan fingerprint density at radius 2 is 2.24 bits per heavy atom. The summed E-state index contributed by atoms with van der Waals surface area (Å²) in [6.45, 7) is 1.38. The number of pyridine rings is 1. The summed E-state index contributed by atoms with van der Waals surface area (Å²) < 4.78 is 0. The second-order valence-corrected chi connectivity index (χ2v) is 5.70. The van der Waals surface area contributed by atoms with Crippen LogP contribution in [0.1, 0.15) is 18.4 Å². The first-order valence-corrected chi connectivity index (χ1v) is 7.22. The molecule has 0 spiro atoms. The predicted molar refractivity (Wildman–Crippen MR) is 79.6 cm³/mol. The molecule has 1 aliphatic rings. The van der Waals surface area contributed by atoms with Crippen molar-refractivity contribution in [1.82, 2.24) is 14.9 Å². The van der Waals surface area contributed by atoms with Gasteiger partial charge in [0.25, 0.3) is 0 Å². The molecule has 21 heavy (non-hydrogen) atoms. The van der Waals surface area contributed by atoms with Gasteiger partial charge in [0.15, 0.2) is 0 Å². The first-order chi connectivity index (χ1) is 10.1. The van der Waals surface area contributed by atoms with Gasteiger partial charge in [0.1, 0.15) is 5.65 Å². The van der Waals surface area contributed by atoms with Gasteiger partial charge in [0.2, 0.25) is 5.91 Å². The van der Waals surface area contributed by atoms with Crippen molar-refractivity contribution in [2.24, 2.45) is 5.73 Å². The number of hydrogen-bond donors (Lipinski definition) is 3. The molecule has 1 amide bonds. The number of aliphatic hydroxyl groups is 1. The molecule has 2 aromatic heterocycles. The number of nitrogens with one attached hydrogen (secondary N) is 1. The van der Waals surface area contributed by atoms with Crippen LogP contribution in [-0.4, -0.2) is 51.1 Å². The molecule has 1 saturated heterocycles. The summed E-state index contributed by atoms with van der Waals surface area (Å²) in [6, 6.07) is 3.83. The summed E-state index contributed by atoms with van der Waals surface area (Å²) in [5.41, 5.74) is 6.53. The average Bonchev–Trinajstić information content (AvgIpc) is 2.91. The number of fused-ring (bicyclic) bond motifs is 1. The second-order valence-electron chi connectivity index (χ2n) is 5.70. The predicted octanol–water partition coefficient (Wildman–Crippen LogP) is 0.418. The third-order valence-electron chi connectivity index (χ3n) is 4.31. The fraction of sp³-hybridized carbons (Fsp3) is 0.467. The maximum absolute atomic E-state index is 12.4. The zero-order valence-corrected chi connectivity index (χ0v) is 11.9. The molecular weight excluding hydrogens is 268 g/mol. The number of piperidine rings is 1. The summed E-state index contributed by atoms with van der Waals surface area (Å²) in [7, 11) is 0. The van der Waals surface area contributed by atoms with Gasteiger partial charge in [-0.25, -0.2) is 4.98 Å². The van der Waals surface area contributed by atoms with Crippen LogP contribution in [0.2, 0.25) is 0 Å². The Hall–Kier alpha value is -1.92. The summed E-state index contributed by atoms with van der Waals surface area (Å²) in [5, 5.41) is 11.1. The maximum atomic E-state index is 12.4. The molecular formula is C15H20N4O2. The van der Waals surface area contributed by atoms with Crippen LogP contribution in [0.4, 0.5) is 0 Å². The lowest BCUT2D eigenvalue weighted by atomic mass is 9.91. The van der Waals surface area contributed by atoms with Crippen LogP contribution < -0.4 is 5.73 Å². The third kappa shape index (κ3) is 2.77. The summed E-state index contributed by atoms with van der Waals surface area (Å²) in [6.07, 6.45) is 5.01. The van der Waals surface area contributed by atoms with Gasteiger partial charge in [-0.15, -0.1) is 0 Å². The van der Waals surface area contributed by atoms with Gasteiger partial charge in [-0.3, -0.25) is 4.79 Å². The summed E-state index contributed by atoms with van der Waals surface area (Å²) in [4.78, 5) is 21.5. The van der Waals surface area contributed by atoms with Crippen molar-refractivity contribution in [2.75, 3.05) is 19.6 Å². The topological polar surface area (TPSA) is 95.2 Å². The van der Waals surface area contributed by atoms with E-state index in [4.69, 9.17) is 5.73 Å². The molecule has 1 aliphatic heterocycles. The van der Waals surface area contributed by atoms with Crippen LogP contribution in [0, 0.1) is 0 Å². The molecule has 3 rings (SSSR count). The Morgan fingerprint density at radius 1 is 1.48 bits per heavy atom. The summed E-state index contributed by atoms with van der Waals surface area (Å²) in [5.74, 6) is 0.0822. The minimum atomic E-state index is -0.804. The third-order valence-corrected chi connectivity index (χ3v) is 4.31. The lowest BCUT2D eigenvalue weighted by Gasteiger charge is -2.37. The Balaban J connectivity index is 1.67. The normalized spacial score (nSPS) is 18.1. The molecule has 0 aromatic carbocycles. The molecule has 0 radical (unpaired) electrons. The van der Waals surface area contributed by atoms with Crippen LogP contribution in [0.25, 0.3) is 11.0 Å². The quantitative estimate of drug-likeness (QED) is 0.762. The number of amides is 1. The second kappa shape index (κ2) is 5.46. The van der Waals surface area contributed by atoms with E-state index >= 15 is 0 Å². The van der Waals surface area contributed by atoms with E-state index in [0.717, 1.165) is 16.6 Å². The van der Waals surface area contributed by atoms with E-state index in [1.165, 1.54) is 0 Å². The average molecular weight is 288 g/mol. The Kier molecular flexibility index (Phi) is 3.65. The zero-order valence-electron chi connectivity index (χ0n) is 11.9. The highest BCUT2D eigenvalue weighted by Gasteiger charge is 2.32. The first kappa shape index (κ1) is 14.0. The number of rotatable bonds is 3. The Bertz CT molecular complexity index is 644. The van der Waals surface area contributed by atoms with E-state index in [2.05, 4.69) is 9.97 Å². The number of hydrogen-bond acceptors (Lipinski definition) is 4. The van der Waals surface area contributed by atoms with Gasteiger partial charge >= 0.3 is 0 Å². The number of nitrogens with zero attached hydrogens (tertiary/aromatic N) is 2. The maximum Gasteiger partial charge on any atom is 0.227 e. The largest absolute Gasteiger partial charge is 0.388 e. The zero-order chi connectivity index (χ0) is 14.9. The van der Waals surface area contributed by atoms with Crippen molar-refractivity contribution in [2.45, 2.75) is 24.9 Å². The molecule has 0 atom stereocenters. The van der Waals surface area contributed by atoms with Crippen LogP contribution >= 0.6 is 0 Å². The first-order valence-electron chi connectivity index (χ1n) is 7.22. The number of H-pyrrole nitrogens is 1. The van der Waals surface area contributed by atoms with Crippen molar-refractivity contribution in [1.29, 1.82) is 0 Å². The number of nitrogens with two attached hydrogens (primary N) is 1. The van der Waals surface area contributed by atoms with Crippen molar-refractivity contribution < 1.29 is 9.90 Å². The van der Waals surface area contributed by atoms with Gasteiger partial charge in [-0.1, -0.05) is 0 Å². The van der Waals surface area contributed by atoms with Crippen molar-refractivity contribution >= 4 is 16.9 Å². The highest BCUT2D eigenvalue weighted by atomic mass is 16.3. The number of likely N-dealkylation sites (tertiary alicyclic amines) is 1. The van der Waals surface area contributed by atoms with E-state index < -0.39 is 5.60 Å². The van der Waals surface area contributed by atoms with Gasteiger partial charge in [0.05, 0.1) is 12.0 Å². The molecule has 0 saturated carbocycles. The lowest BCUT2D eigenvalue weighted by Crippen LogP contribution is -2.50. The SMILES string of the molecule is NCC1(O)CCN(C(=O)Cc2c[nH]c3ncccc23)CC1. The van der Waals surface area contributed by atoms with Gasteiger partial charge in [-0.2, -0.15) is 0 Å². The standard InChI is InChI=1S/C15H20N4O2/c16-10-15(21)3-6-19(7-4-15)13(20)8-11-9-18-14-12(11)2-1-5-17-14/h1-2,5,9,21H,3-4,6-8,10,16H2,(H,17,18). The van der Waals surface area contributed by atoms with Crippen molar-refractivity contribution in [3.8, 4) is 0 Å². The number of carbonyl (C=O) groups excluding carboxylic acids is 1. The minimum absolute atomic E-state index is 0.0822. The molecule has 2 aromatic rings. The van der Waals surface area contributed by atoms with Crippen LogP contribution in [0.15, 0.2) is 24.5 Å². The van der Waals surface area contributed by atoms with E-state index in [0.29, 0.717) is 32.4 Å². The minimum Gasteiger partial charge on any atom is -0.388 e. The molecule has 6 nitrogen and oxygen atoms in total. The highest BCUT2D eigenvalue weighted by molar-refractivity contribution is 5.87. The van der Waals surface area contributed by atoms with E-state index in [9.17, 15) is 9.90 Å². The highest BCUT2D eigenvalue weighted by Crippen LogP contribution is 2.22. The number of carbonyl (C=O) groups is 1. The van der Waals surface area contributed by atoms with Gasteiger partial charge < -0.3 is 20.7 Å². The molecule has 0 bridgehead atoms. The summed E-state index contributed by atoms with van der Waals surface area (Å²) >= 11 is 0. The smallest absolute Gasteiger partial charge is 0.227 e. The lowest BCUT2D eigenvalue weighted by molar-refractivity contribution is -0.134. The molecule has 112 valence electrons. The monoisotopic (exact) mass is 288 g/mol. The van der Waals surface area contributed by atoms with Crippen molar-refractivity contribution in [3.63, 3.8) is 0 Å². The fourth-order valence-electron chi connectivity index (χ4n) is 2.81. The number of aromatic nitrogens is 2.